The molecule has 0 amide bonds. The van der Waals surface area contributed by atoms with Crippen molar-refractivity contribution in [1.82, 2.24) is 0 Å². The predicted molar refractivity (Wildman–Crippen MR) is 54.0 cm³/mol. The van der Waals surface area contributed by atoms with Crippen LogP contribution in [0.25, 0.3) is 0 Å². The van der Waals surface area contributed by atoms with Crippen LogP contribution in [0.4, 0.5) is 0 Å². The molecule has 0 aliphatic heterocycles. The van der Waals surface area contributed by atoms with Gasteiger partial charge in [-0.25, -0.2) is 0 Å². The van der Waals surface area contributed by atoms with Gasteiger partial charge in [0.15, 0.2) is 0 Å². The summed E-state index contributed by atoms with van der Waals surface area (Å²) >= 11 is 32.2. The molecular weight excluding hydrogens is 273 g/mol. The maximum absolute atomic E-state index is 5.52. The third kappa shape index (κ3) is 9.13. The summed E-state index contributed by atoms with van der Waals surface area (Å²) in [4.78, 5) is 0. The molecule has 0 aromatic carbocycles. The molecule has 0 aliphatic carbocycles. The molecule has 0 saturated carbocycles. The Morgan fingerprint density at radius 3 is 1.73 bits per heavy atom. The molecule has 0 aliphatic rings. The van der Waals surface area contributed by atoms with Gasteiger partial charge >= 0.3 is 0 Å². The van der Waals surface area contributed by atoms with Crippen LogP contribution in [0.1, 0.15) is 0 Å². The SMILES string of the molecule is ClC(Cl)=C/C(Cl)=C/C(Cl)(Cl)Cl. The summed E-state index contributed by atoms with van der Waals surface area (Å²) in [6, 6.07) is 0. The van der Waals surface area contributed by atoms with Crippen LogP contribution in [0.15, 0.2) is 21.7 Å². The van der Waals surface area contributed by atoms with Gasteiger partial charge in [-0.2, -0.15) is 0 Å². The van der Waals surface area contributed by atoms with Gasteiger partial charge in [0.2, 0.25) is 3.79 Å². The lowest BCUT2D eigenvalue weighted by molar-refractivity contribution is 1.45. The first-order chi connectivity index (χ1) is 4.81. The van der Waals surface area contributed by atoms with Gasteiger partial charge in [-0.05, 0) is 12.2 Å². The number of hydrogen-bond donors (Lipinski definition) is 0. The van der Waals surface area contributed by atoms with E-state index in [9.17, 15) is 0 Å². The molecule has 6 heteroatoms. The number of alkyl halides is 3. The van der Waals surface area contributed by atoms with E-state index in [1.54, 1.807) is 0 Å². The molecule has 0 bridgehead atoms. The van der Waals surface area contributed by atoms with Crippen LogP contribution in [0.2, 0.25) is 0 Å². The van der Waals surface area contributed by atoms with Gasteiger partial charge in [0.1, 0.15) is 4.49 Å². The summed E-state index contributed by atoms with van der Waals surface area (Å²) in [7, 11) is 0. The lowest BCUT2D eigenvalue weighted by Gasteiger charge is -2.02. The Hall–Kier alpha value is 1.22. The standard InChI is InChI=1S/C5H2Cl6/c6-3(1-4(7)8)2-5(9,10)11/h1-2H/b3-2-. The Labute approximate surface area is 94.6 Å². The third-order valence-electron chi connectivity index (χ3n) is 0.549. The number of halogens is 6. The zero-order valence-corrected chi connectivity index (χ0v) is 9.46. The molecule has 0 fully saturated rings. The molecule has 0 unspecified atom stereocenters. The molecule has 0 nitrogen and oxygen atoms in total. The lowest BCUT2D eigenvalue weighted by Crippen LogP contribution is -1.94. The van der Waals surface area contributed by atoms with E-state index >= 15 is 0 Å². The van der Waals surface area contributed by atoms with Crippen LogP contribution in [0, 0.1) is 0 Å². The van der Waals surface area contributed by atoms with E-state index in [0.29, 0.717) is 0 Å². The van der Waals surface area contributed by atoms with Crippen molar-refractivity contribution < 1.29 is 0 Å². The van der Waals surface area contributed by atoms with E-state index in [1.165, 1.54) is 12.2 Å². The highest BCUT2D eigenvalue weighted by atomic mass is 35.6. The van der Waals surface area contributed by atoms with E-state index in [-0.39, 0.29) is 9.52 Å². The summed E-state index contributed by atoms with van der Waals surface area (Å²) in [6.07, 6.45) is 2.44. The molecular formula is C5H2Cl6. The quantitative estimate of drug-likeness (QED) is 0.476. The van der Waals surface area contributed by atoms with Crippen molar-refractivity contribution >= 4 is 69.6 Å². The van der Waals surface area contributed by atoms with Crippen molar-refractivity contribution in [2.45, 2.75) is 3.79 Å². The molecule has 0 saturated heterocycles. The van der Waals surface area contributed by atoms with Crippen molar-refractivity contribution in [2.75, 3.05) is 0 Å². The third-order valence-corrected chi connectivity index (χ3v) is 1.31. The maximum Gasteiger partial charge on any atom is 0.210 e. The fraction of sp³-hybridized carbons (Fsp3) is 0.200. The Bertz CT molecular complexity index is 182. The second kappa shape index (κ2) is 5.06. The first-order valence-electron chi connectivity index (χ1n) is 2.29. The van der Waals surface area contributed by atoms with Crippen LogP contribution in [-0.2, 0) is 0 Å². The van der Waals surface area contributed by atoms with Crippen LogP contribution in [-0.4, -0.2) is 3.79 Å². The van der Waals surface area contributed by atoms with Crippen molar-refractivity contribution in [3.8, 4) is 0 Å². The van der Waals surface area contributed by atoms with Crippen molar-refractivity contribution in [3.63, 3.8) is 0 Å². The van der Waals surface area contributed by atoms with Crippen molar-refractivity contribution in [3.05, 3.63) is 21.7 Å². The largest absolute Gasteiger partial charge is 0.210 e. The smallest absolute Gasteiger partial charge is 0.0844 e. The summed E-state index contributed by atoms with van der Waals surface area (Å²) in [5.41, 5.74) is 0. The number of hydrogen-bond acceptors (Lipinski definition) is 0. The van der Waals surface area contributed by atoms with Gasteiger partial charge in [0.05, 0.1) is 0 Å². The number of rotatable bonds is 1. The van der Waals surface area contributed by atoms with Gasteiger partial charge in [0, 0.05) is 5.03 Å². The molecule has 0 spiro atoms. The van der Waals surface area contributed by atoms with Crippen LogP contribution >= 0.6 is 69.6 Å². The first kappa shape index (κ1) is 12.2. The van der Waals surface area contributed by atoms with Gasteiger partial charge < -0.3 is 0 Å². The highest BCUT2D eigenvalue weighted by Crippen LogP contribution is 2.30. The minimum Gasteiger partial charge on any atom is -0.0844 e. The van der Waals surface area contributed by atoms with E-state index in [4.69, 9.17) is 69.6 Å². The molecule has 0 aromatic heterocycles. The van der Waals surface area contributed by atoms with E-state index < -0.39 is 3.79 Å². The minimum atomic E-state index is -1.53. The van der Waals surface area contributed by atoms with E-state index in [2.05, 4.69) is 0 Å². The summed E-state index contributed by atoms with van der Waals surface area (Å²) in [5, 5.41) is 0.171. The zero-order chi connectivity index (χ0) is 9.07. The van der Waals surface area contributed by atoms with Crippen molar-refractivity contribution in [1.29, 1.82) is 0 Å². The topological polar surface area (TPSA) is 0 Å². The van der Waals surface area contributed by atoms with E-state index in [0.717, 1.165) is 0 Å². The van der Waals surface area contributed by atoms with Crippen LogP contribution in [0.3, 0.4) is 0 Å². The van der Waals surface area contributed by atoms with Gasteiger partial charge in [-0.3, -0.25) is 0 Å². The average Bonchev–Trinajstić information content (AvgIpc) is 1.53. The zero-order valence-electron chi connectivity index (χ0n) is 4.92. The van der Waals surface area contributed by atoms with Crippen molar-refractivity contribution in [2.24, 2.45) is 0 Å². The molecule has 64 valence electrons. The molecule has 0 rings (SSSR count). The van der Waals surface area contributed by atoms with Gasteiger partial charge in [0.25, 0.3) is 0 Å². The molecule has 11 heavy (non-hydrogen) atoms. The highest BCUT2D eigenvalue weighted by molar-refractivity contribution is 6.69. The average molecular weight is 275 g/mol. The monoisotopic (exact) mass is 272 g/mol. The molecule has 0 atom stereocenters. The van der Waals surface area contributed by atoms with Crippen LogP contribution in [0.5, 0.6) is 0 Å². The van der Waals surface area contributed by atoms with Crippen LogP contribution < -0.4 is 0 Å². The first-order valence-corrected chi connectivity index (χ1v) is 4.56. The van der Waals surface area contributed by atoms with Gasteiger partial charge in [-0.15, -0.1) is 0 Å². The summed E-state index contributed by atoms with van der Waals surface area (Å²) in [6.45, 7) is 0. The Kier molecular flexibility index (Phi) is 5.62. The second-order valence-corrected chi connectivity index (χ2v) is 5.32. The lowest BCUT2D eigenvalue weighted by atomic mass is 10.5. The fourth-order valence-corrected chi connectivity index (χ4v) is 1.44. The Balaban J connectivity index is 4.36. The second-order valence-electron chi connectivity index (χ2n) is 1.50. The fourth-order valence-electron chi connectivity index (χ4n) is 0.302. The Morgan fingerprint density at radius 1 is 1.00 bits per heavy atom. The summed E-state index contributed by atoms with van der Waals surface area (Å²) < 4.78 is -1.53. The molecule has 0 heterocycles. The minimum absolute atomic E-state index is 0.000463. The highest BCUT2D eigenvalue weighted by Gasteiger charge is 2.15. The number of allylic oxidation sites excluding steroid dienone is 3. The Morgan fingerprint density at radius 2 is 1.45 bits per heavy atom. The predicted octanol–water partition coefficient (Wildman–Crippen LogP) is 4.80. The molecule has 0 N–H and O–H groups in total. The van der Waals surface area contributed by atoms with Gasteiger partial charge in [-0.1, -0.05) is 69.6 Å². The maximum atomic E-state index is 5.52. The molecule has 0 aromatic rings. The normalized spacial score (nSPS) is 13.1. The molecule has 0 radical (unpaired) electrons. The van der Waals surface area contributed by atoms with E-state index in [1.807, 2.05) is 0 Å². The summed E-state index contributed by atoms with van der Waals surface area (Å²) in [5.74, 6) is 0.